The summed E-state index contributed by atoms with van der Waals surface area (Å²) in [6.45, 7) is 21.0. The molecular formula is C29H64. The second kappa shape index (κ2) is 28.0. The second-order valence-electron chi connectivity index (χ2n) is 8.53. The van der Waals surface area contributed by atoms with Gasteiger partial charge in [0.2, 0.25) is 0 Å². The fourth-order valence-corrected chi connectivity index (χ4v) is 4.47. The Balaban J connectivity index is -0.000000518. The van der Waals surface area contributed by atoms with Gasteiger partial charge in [-0.2, -0.15) is 0 Å². The summed E-state index contributed by atoms with van der Waals surface area (Å²) in [6, 6.07) is 0. The molecule has 29 heavy (non-hydrogen) atoms. The third kappa shape index (κ3) is 22.5. The first kappa shape index (κ1) is 33.6. The van der Waals surface area contributed by atoms with E-state index in [4.69, 9.17) is 0 Å². The number of hydrogen-bond donors (Lipinski definition) is 0. The molecule has 0 bridgehead atoms. The van der Waals surface area contributed by atoms with E-state index >= 15 is 0 Å². The van der Waals surface area contributed by atoms with E-state index in [2.05, 4.69) is 13.8 Å². The van der Waals surface area contributed by atoms with Crippen LogP contribution in [0.4, 0.5) is 0 Å². The zero-order valence-corrected chi connectivity index (χ0v) is 22.9. The number of hydrogen-bond acceptors (Lipinski definition) is 0. The Morgan fingerprint density at radius 2 is 0.690 bits per heavy atom. The average Bonchev–Trinajstić information content (AvgIpc) is 3.63. The smallest absolute Gasteiger partial charge is 0.0383 e. The molecular weight excluding hydrogens is 348 g/mol. The van der Waals surface area contributed by atoms with E-state index in [1.54, 1.807) is 25.7 Å². The molecule has 2 atom stereocenters. The van der Waals surface area contributed by atoms with Gasteiger partial charge in [0.25, 0.3) is 0 Å². The van der Waals surface area contributed by atoms with E-state index in [1.165, 1.54) is 70.6 Å². The third-order valence-electron chi connectivity index (χ3n) is 6.04. The lowest BCUT2D eigenvalue weighted by Crippen LogP contribution is -2.21. The van der Waals surface area contributed by atoms with Gasteiger partial charge in [-0.1, -0.05) is 159 Å². The molecule has 0 amide bonds. The summed E-state index contributed by atoms with van der Waals surface area (Å²) in [4.78, 5) is 0. The van der Waals surface area contributed by atoms with Crippen LogP contribution in [0.2, 0.25) is 0 Å². The van der Waals surface area contributed by atoms with Gasteiger partial charge in [0, 0.05) is 0 Å². The predicted octanol–water partition coefficient (Wildman–Crippen LogP) is 11.5. The predicted molar refractivity (Wildman–Crippen MR) is 140 cm³/mol. The highest BCUT2D eigenvalue weighted by molar-refractivity contribution is 4.77. The van der Waals surface area contributed by atoms with Gasteiger partial charge in [0.1, 0.15) is 0 Å². The van der Waals surface area contributed by atoms with E-state index in [9.17, 15) is 0 Å². The molecule has 0 heteroatoms. The minimum Gasteiger partial charge on any atom is -0.0683 e. The van der Waals surface area contributed by atoms with Gasteiger partial charge in [-0.25, -0.2) is 0 Å². The zero-order chi connectivity index (χ0) is 22.9. The Hall–Kier alpha value is 0. The molecule has 2 unspecified atom stereocenters. The van der Waals surface area contributed by atoms with Crippen LogP contribution in [-0.2, 0) is 0 Å². The summed E-state index contributed by atoms with van der Waals surface area (Å²) in [5, 5.41) is 0. The molecule has 3 saturated carbocycles. The molecule has 0 radical (unpaired) electrons. The molecule has 0 saturated heterocycles. The van der Waals surface area contributed by atoms with Crippen molar-refractivity contribution in [2.45, 2.75) is 166 Å². The lowest BCUT2D eigenvalue weighted by atomic mass is 9.73. The zero-order valence-electron chi connectivity index (χ0n) is 22.9. The van der Waals surface area contributed by atoms with Crippen LogP contribution in [0.3, 0.4) is 0 Å². The van der Waals surface area contributed by atoms with E-state index in [-0.39, 0.29) is 0 Å². The molecule has 3 aliphatic rings. The topological polar surface area (TPSA) is 0 Å². The van der Waals surface area contributed by atoms with Gasteiger partial charge in [-0.15, -0.1) is 0 Å². The van der Waals surface area contributed by atoms with Gasteiger partial charge in [0.05, 0.1) is 0 Å². The summed E-state index contributed by atoms with van der Waals surface area (Å²) in [6.07, 6.45) is 22.7. The van der Waals surface area contributed by atoms with Crippen LogP contribution in [0, 0.1) is 23.7 Å². The Morgan fingerprint density at radius 1 is 0.345 bits per heavy atom. The first-order valence-corrected chi connectivity index (χ1v) is 14.3. The minimum absolute atomic E-state index is 1.000. The first-order chi connectivity index (χ1) is 14.3. The maximum Gasteiger partial charge on any atom is -0.0383 e. The van der Waals surface area contributed by atoms with E-state index in [1.807, 2.05) is 55.4 Å². The van der Waals surface area contributed by atoms with E-state index < -0.39 is 0 Å². The highest BCUT2D eigenvalue weighted by Gasteiger charge is 2.25. The Bertz CT molecular complexity index is 242. The summed E-state index contributed by atoms with van der Waals surface area (Å²) in [5.41, 5.74) is 0. The first-order valence-electron chi connectivity index (χ1n) is 14.3. The van der Waals surface area contributed by atoms with E-state index in [0.29, 0.717) is 0 Å². The van der Waals surface area contributed by atoms with Crippen molar-refractivity contribution in [1.29, 1.82) is 0 Å². The fourth-order valence-electron chi connectivity index (χ4n) is 4.47. The molecule has 3 fully saturated rings. The molecule has 0 spiro atoms. The second-order valence-corrected chi connectivity index (χ2v) is 8.53. The van der Waals surface area contributed by atoms with Crippen molar-refractivity contribution in [3.63, 3.8) is 0 Å². The van der Waals surface area contributed by atoms with Crippen molar-refractivity contribution in [3.8, 4) is 0 Å². The lowest BCUT2D eigenvalue weighted by molar-refractivity contribution is 0.187. The molecule has 3 rings (SSSR count). The monoisotopic (exact) mass is 413 g/mol. The van der Waals surface area contributed by atoms with Crippen LogP contribution in [-0.4, -0.2) is 0 Å². The summed E-state index contributed by atoms with van der Waals surface area (Å²) >= 11 is 0. The highest BCUT2D eigenvalue weighted by Crippen LogP contribution is 2.38. The van der Waals surface area contributed by atoms with Crippen molar-refractivity contribution >= 4 is 0 Å². The van der Waals surface area contributed by atoms with Gasteiger partial charge in [-0.05, 0) is 30.1 Å². The summed E-state index contributed by atoms with van der Waals surface area (Å²) < 4.78 is 0. The quantitative estimate of drug-likeness (QED) is 0.401. The minimum atomic E-state index is 1.000. The highest BCUT2D eigenvalue weighted by atomic mass is 14.3. The van der Waals surface area contributed by atoms with Gasteiger partial charge < -0.3 is 0 Å². The van der Waals surface area contributed by atoms with Crippen LogP contribution in [0.5, 0.6) is 0 Å². The maximum absolute atomic E-state index is 2.50. The van der Waals surface area contributed by atoms with Gasteiger partial charge in [-0.3, -0.25) is 0 Å². The van der Waals surface area contributed by atoms with Crippen LogP contribution in [0.1, 0.15) is 166 Å². The molecule has 0 aromatic carbocycles. The van der Waals surface area contributed by atoms with Crippen LogP contribution in [0.15, 0.2) is 0 Å². The molecule has 3 aliphatic carbocycles. The van der Waals surface area contributed by atoms with Crippen molar-refractivity contribution in [2.24, 2.45) is 23.7 Å². The molecule has 0 nitrogen and oxygen atoms in total. The van der Waals surface area contributed by atoms with Crippen molar-refractivity contribution in [2.75, 3.05) is 0 Å². The van der Waals surface area contributed by atoms with Crippen LogP contribution >= 0.6 is 0 Å². The fraction of sp³-hybridized carbons (Fsp3) is 1.00. The summed E-state index contributed by atoms with van der Waals surface area (Å²) in [7, 11) is 0. The van der Waals surface area contributed by atoms with Gasteiger partial charge >= 0.3 is 0 Å². The van der Waals surface area contributed by atoms with E-state index in [0.717, 1.165) is 23.7 Å². The van der Waals surface area contributed by atoms with Gasteiger partial charge in [0.15, 0.2) is 0 Å². The molecule has 180 valence electrons. The van der Waals surface area contributed by atoms with Crippen LogP contribution < -0.4 is 0 Å². The Labute approximate surface area is 189 Å². The molecule has 0 aromatic heterocycles. The van der Waals surface area contributed by atoms with Crippen molar-refractivity contribution in [3.05, 3.63) is 0 Å². The maximum atomic E-state index is 2.50. The number of rotatable bonds is 1. The average molecular weight is 413 g/mol. The molecule has 0 aromatic rings. The summed E-state index contributed by atoms with van der Waals surface area (Å²) in [5.74, 6) is 4.16. The standard InChI is InChI=1S/C18H34.C3H6.4C2H6/c1-15-9-6-12-17(13-7-10-15)18-11-5-3-4-8-16(2)14-18;1-2-3-1;4*1-2/h15-18H,3-14H2,1-2H3;1-3H2;4*1-2H3. The Morgan fingerprint density at radius 3 is 1.14 bits per heavy atom. The molecule has 0 N–H and O–H groups in total. The molecule has 0 aliphatic heterocycles. The SMILES string of the molecule is C1CC1.CC.CC.CC.CC.CC1CCCC(C2CCCCCC(C)C2)CCC1. The normalized spacial score (nSPS) is 28.3. The largest absolute Gasteiger partial charge is 0.0683 e. The van der Waals surface area contributed by atoms with Crippen LogP contribution in [0.25, 0.3) is 0 Å². The van der Waals surface area contributed by atoms with Crippen molar-refractivity contribution in [1.82, 2.24) is 0 Å². The lowest BCUT2D eigenvalue weighted by Gasteiger charge is -2.33. The van der Waals surface area contributed by atoms with Crippen molar-refractivity contribution < 1.29 is 0 Å². The molecule has 0 heterocycles. The third-order valence-corrected chi connectivity index (χ3v) is 6.04. The Kier molecular flexibility index (Phi) is 32.5.